The van der Waals surface area contributed by atoms with Gasteiger partial charge in [0, 0.05) is 44.5 Å². The number of ether oxygens (including phenoxy) is 1. The summed E-state index contributed by atoms with van der Waals surface area (Å²) in [4.78, 5) is 10.7. The maximum Gasteiger partial charge on any atom is 0.417 e. The molecule has 1 aromatic heterocycles. The van der Waals surface area contributed by atoms with Crippen LogP contribution in [0.2, 0.25) is 0 Å². The zero-order valence-corrected chi connectivity index (χ0v) is 20.2. The van der Waals surface area contributed by atoms with Gasteiger partial charge >= 0.3 is 6.18 Å². The van der Waals surface area contributed by atoms with E-state index >= 15 is 0 Å². The smallest absolute Gasteiger partial charge is 0.417 e. The van der Waals surface area contributed by atoms with Crippen molar-refractivity contribution in [3.05, 3.63) is 23.9 Å². The fourth-order valence-corrected chi connectivity index (χ4v) is 3.23. The predicted octanol–water partition coefficient (Wildman–Crippen LogP) is 3.77. The first kappa shape index (κ1) is 26.7. The van der Waals surface area contributed by atoms with Gasteiger partial charge in [0.15, 0.2) is 5.96 Å². The van der Waals surface area contributed by atoms with E-state index in [2.05, 4.69) is 39.4 Å². The summed E-state index contributed by atoms with van der Waals surface area (Å²) in [6.45, 7) is 11.1. The molecular weight excluding hydrogens is 510 g/mol. The molecule has 2 heterocycles. The number of alkyl halides is 3. The second kappa shape index (κ2) is 13.2. The largest absolute Gasteiger partial charge is 0.476 e. The van der Waals surface area contributed by atoms with Crippen molar-refractivity contribution in [2.45, 2.75) is 45.8 Å². The summed E-state index contributed by atoms with van der Waals surface area (Å²) >= 11 is 0. The van der Waals surface area contributed by atoms with Crippen LogP contribution in [0.4, 0.5) is 13.2 Å². The molecule has 10 heteroatoms. The first-order valence-electron chi connectivity index (χ1n) is 10.2. The number of nitrogens with one attached hydrogen (secondary N) is 2. The van der Waals surface area contributed by atoms with Crippen LogP contribution in [0.25, 0.3) is 0 Å². The van der Waals surface area contributed by atoms with E-state index in [-0.39, 0.29) is 36.5 Å². The van der Waals surface area contributed by atoms with Gasteiger partial charge in [-0.15, -0.1) is 24.0 Å². The lowest BCUT2D eigenvalue weighted by Crippen LogP contribution is -2.49. The summed E-state index contributed by atoms with van der Waals surface area (Å²) in [5.41, 5.74) is -0.791. The molecule has 1 saturated heterocycles. The molecule has 30 heavy (non-hydrogen) atoms. The van der Waals surface area contributed by atoms with Crippen molar-refractivity contribution in [3.63, 3.8) is 0 Å². The molecule has 0 bridgehead atoms. The molecule has 6 nitrogen and oxygen atoms in total. The van der Waals surface area contributed by atoms with Crippen LogP contribution in [0.5, 0.6) is 5.88 Å². The molecule has 0 aliphatic carbocycles. The molecule has 0 unspecified atom stereocenters. The Bertz CT molecular complexity index is 632. The highest BCUT2D eigenvalue weighted by molar-refractivity contribution is 14.0. The number of aliphatic imine (C=N–C) groups is 1. The molecule has 1 aliphatic rings. The lowest BCUT2D eigenvalue weighted by atomic mass is 10.0. The van der Waals surface area contributed by atoms with E-state index in [1.165, 1.54) is 6.07 Å². The van der Waals surface area contributed by atoms with Gasteiger partial charge in [0.1, 0.15) is 6.61 Å². The third-order valence-corrected chi connectivity index (χ3v) is 4.57. The molecule has 0 spiro atoms. The van der Waals surface area contributed by atoms with Crippen molar-refractivity contribution in [3.8, 4) is 5.88 Å². The Labute approximate surface area is 194 Å². The molecule has 0 aromatic carbocycles. The minimum Gasteiger partial charge on any atom is -0.476 e. The molecule has 2 rings (SSSR count). The number of rotatable bonds is 8. The maximum atomic E-state index is 12.5. The summed E-state index contributed by atoms with van der Waals surface area (Å²) < 4.78 is 43.0. The Kier molecular flexibility index (Phi) is 11.7. The SMILES string of the molecule is CCNC(=NCCOc1ccc(C(F)(F)F)cn1)NC1CCN(CC(C)C)CC1.I. The van der Waals surface area contributed by atoms with Gasteiger partial charge in [-0.3, -0.25) is 0 Å². The number of hydrogen-bond acceptors (Lipinski definition) is 4. The van der Waals surface area contributed by atoms with Crippen molar-refractivity contribution in [1.29, 1.82) is 0 Å². The zero-order valence-electron chi connectivity index (χ0n) is 17.8. The fourth-order valence-electron chi connectivity index (χ4n) is 3.23. The molecule has 1 fully saturated rings. The molecule has 0 saturated carbocycles. The monoisotopic (exact) mass is 543 g/mol. The van der Waals surface area contributed by atoms with Crippen molar-refractivity contribution < 1.29 is 17.9 Å². The molecular formula is C20H33F3IN5O. The van der Waals surface area contributed by atoms with E-state index in [1.54, 1.807) is 0 Å². The molecule has 0 atom stereocenters. The summed E-state index contributed by atoms with van der Waals surface area (Å²) in [6.07, 6.45) is -1.48. The van der Waals surface area contributed by atoms with E-state index in [9.17, 15) is 13.2 Å². The van der Waals surface area contributed by atoms with E-state index in [0.717, 1.165) is 57.2 Å². The average Bonchev–Trinajstić information content (AvgIpc) is 2.66. The summed E-state index contributed by atoms with van der Waals surface area (Å²) in [5, 5.41) is 6.69. The Morgan fingerprint density at radius 1 is 1.30 bits per heavy atom. The minimum atomic E-state index is -4.40. The summed E-state index contributed by atoms with van der Waals surface area (Å²) in [7, 11) is 0. The van der Waals surface area contributed by atoms with Gasteiger partial charge in [0.2, 0.25) is 5.88 Å². The second-order valence-electron chi connectivity index (χ2n) is 7.61. The highest BCUT2D eigenvalue weighted by atomic mass is 127. The standard InChI is InChI=1S/C20H32F3N5O.HI/c1-4-24-19(27-17-7-10-28(11-8-17)14-15(2)3)25-9-12-29-18-6-5-16(13-26-18)20(21,22)23;/h5-6,13,15,17H,4,7-12,14H2,1-3H3,(H2,24,25,27);1H. The van der Waals surface area contributed by atoms with E-state index < -0.39 is 11.7 Å². The van der Waals surface area contributed by atoms with Crippen LogP contribution >= 0.6 is 24.0 Å². The molecule has 2 N–H and O–H groups in total. The van der Waals surface area contributed by atoms with Gasteiger partial charge in [-0.2, -0.15) is 13.2 Å². The number of pyridine rings is 1. The molecule has 172 valence electrons. The Morgan fingerprint density at radius 2 is 2.00 bits per heavy atom. The average molecular weight is 543 g/mol. The van der Waals surface area contributed by atoms with Gasteiger partial charge < -0.3 is 20.3 Å². The van der Waals surface area contributed by atoms with Crippen LogP contribution in [-0.2, 0) is 6.18 Å². The van der Waals surface area contributed by atoms with E-state index in [1.807, 2.05) is 6.92 Å². The lowest BCUT2D eigenvalue weighted by Gasteiger charge is -2.34. The Hall–Kier alpha value is -1.30. The fraction of sp³-hybridized carbons (Fsp3) is 0.700. The minimum absolute atomic E-state index is 0. The van der Waals surface area contributed by atoms with Gasteiger partial charge in [-0.1, -0.05) is 13.8 Å². The van der Waals surface area contributed by atoms with Gasteiger partial charge in [0.25, 0.3) is 0 Å². The zero-order chi connectivity index (χ0) is 21.3. The first-order chi connectivity index (χ1) is 13.8. The van der Waals surface area contributed by atoms with Gasteiger partial charge in [-0.05, 0) is 31.7 Å². The van der Waals surface area contributed by atoms with Crippen LogP contribution < -0.4 is 15.4 Å². The van der Waals surface area contributed by atoms with Crippen molar-refractivity contribution in [2.24, 2.45) is 10.9 Å². The molecule has 0 radical (unpaired) electrons. The first-order valence-corrected chi connectivity index (χ1v) is 10.2. The van der Waals surface area contributed by atoms with Crippen LogP contribution in [0.1, 0.15) is 39.2 Å². The topological polar surface area (TPSA) is 61.8 Å². The van der Waals surface area contributed by atoms with Crippen LogP contribution in [-0.4, -0.2) is 61.2 Å². The van der Waals surface area contributed by atoms with Crippen LogP contribution in [0, 0.1) is 5.92 Å². The number of nitrogens with zero attached hydrogens (tertiary/aromatic N) is 3. The number of likely N-dealkylation sites (tertiary alicyclic amines) is 1. The molecule has 0 amide bonds. The number of guanidine groups is 1. The van der Waals surface area contributed by atoms with Crippen molar-refractivity contribution in [2.75, 3.05) is 39.3 Å². The quantitative estimate of drug-likeness (QED) is 0.226. The number of piperidine rings is 1. The molecule has 1 aliphatic heterocycles. The second-order valence-corrected chi connectivity index (χ2v) is 7.61. The van der Waals surface area contributed by atoms with Gasteiger partial charge in [-0.25, -0.2) is 9.98 Å². The van der Waals surface area contributed by atoms with Crippen molar-refractivity contribution in [1.82, 2.24) is 20.5 Å². The highest BCUT2D eigenvalue weighted by Crippen LogP contribution is 2.29. The lowest BCUT2D eigenvalue weighted by molar-refractivity contribution is -0.137. The summed E-state index contributed by atoms with van der Waals surface area (Å²) in [5.74, 6) is 1.57. The highest BCUT2D eigenvalue weighted by Gasteiger charge is 2.30. The van der Waals surface area contributed by atoms with E-state index in [0.29, 0.717) is 18.5 Å². The van der Waals surface area contributed by atoms with Crippen molar-refractivity contribution >= 4 is 29.9 Å². The van der Waals surface area contributed by atoms with E-state index in [4.69, 9.17) is 4.74 Å². The normalized spacial score (nSPS) is 16.3. The van der Waals surface area contributed by atoms with Gasteiger partial charge in [0.05, 0.1) is 12.1 Å². The number of hydrogen-bond donors (Lipinski definition) is 2. The third-order valence-electron chi connectivity index (χ3n) is 4.57. The number of halogens is 4. The van der Waals surface area contributed by atoms with Crippen LogP contribution in [0.3, 0.4) is 0 Å². The summed E-state index contributed by atoms with van der Waals surface area (Å²) in [6, 6.07) is 2.57. The van der Waals surface area contributed by atoms with Crippen LogP contribution in [0.15, 0.2) is 23.3 Å². The Morgan fingerprint density at radius 3 is 2.53 bits per heavy atom. The predicted molar refractivity (Wildman–Crippen MR) is 124 cm³/mol. The maximum absolute atomic E-state index is 12.5. The Balaban J connectivity index is 0.00000450. The third kappa shape index (κ3) is 9.67. The number of aromatic nitrogens is 1. The molecule has 1 aromatic rings.